The second-order valence-electron chi connectivity index (χ2n) is 11.1. The highest BCUT2D eigenvalue weighted by Crippen LogP contribution is 2.51. The van der Waals surface area contributed by atoms with Crippen LogP contribution in [0.5, 0.6) is 5.75 Å². The predicted molar refractivity (Wildman–Crippen MR) is 142 cm³/mol. The Balaban J connectivity index is 1.54. The van der Waals surface area contributed by atoms with Gasteiger partial charge < -0.3 is 26.6 Å². The Labute approximate surface area is 229 Å². The number of carbonyl (C=O) groups is 6. The second-order valence-corrected chi connectivity index (χ2v) is 11.1. The summed E-state index contributed by atoms with van der Waals surface area (Å²) in [6.07, 6.45) is -0.213. The minimum atomic E-state index is -2.72. The maximum Gasteiger partial charge on any atom is 0.323 e. The van der Waals surface area contributed by atoms with Crippen LogP contribution in [0.15, 0.2) is 36.4 Å². The molecule has 11 nitrogen and oxygen atoms in total. The molecule has 3 amide bonds. The summed E-state index contributed by atoms with van der Waals surface area (Å²) in [7, 11) is 0. The van der Waals surface area contributed by atoms with Gasteiger partial charge in [0.15, 0.2) is 34.7 Å². The number of ketones is 4. The molecule has 5 rings (SSSR count). The summed E-state index contributed by atoms with van der Waals surface area (Å²) in [5.41, 5.74) is 3.98. The van der Waals surface area contributed by atoms with Crippen molar-refractivity contribution in [3.05, 3.63) is 53.1 Å². The fourth-order valence-corrected chi connectivity index (χ4v) is 6.48. The monoisotopic (exact) mass is 547 g/mol. The molecule has 2 fully saturated rings. The van der Waals surface area contributed by atoms with E-state index in [9.17, 15) is 39.0 Å². The molecular weight excluding hydrogens is 518 g/mol. The highest BCUT2D eigenvalue weighted by molar-refractivity contribution is 6.31. The number of para-hydroxylation sites is 1. The molecule has 0 bridgehead atoms. The number of phenols is 1. The van der Waals surface area contributed by atoms with Gasteiger partial charge >= 0.3 is 6.03 Å². The van der Waals surface area contributed by atoms with E-state index in [4.69, 9.17) is 5.73 Å². The first-order valence-electron chi connectivity index (χ1n) is 13.0. The molecule has 2 unspecified atom stereocenters. The number of nitrogens with one attached hydrogen (secondary N) is 2. The Hall–Kier alpha value is -4.38. The number of hydrogen-bond donors (Lipinski definition) is 5. The second kappa shape index (κ2) is 9.67. The first-order chi connectivity index (χ1) is 18.9. The lowest BCUT2D eigenvalue weighted by molar-refractivity contribution is -0.175. The predicted octanol–water partition coefficient (Wildman–Crippen LogP) is 2.09. The maximum absolute atomic E-state index is 13.9. The van der Waals surface area contributed by atoms with Crippen LogP contribution in [-0.4, -0.2) is 50.9 Å². The average molecular weight is 548 g/mol. The number of anilines is 2. The van der Waals surface area contributed by atoms with E-state index in [1.807, 2.05) is 13.8 Å². The van der Waals surface area contributed by atoms with Gasteiger partial charge in [-0.1, -0.05) is 32.0 Å². The van der Waals surface area contributed by atoms with Crippen molar-refractivity contribution in [2.24, 2.45) is 29.4 Å². The number of nitrogens with two attached hydrogens (primary N) is 1. The van der Waals surface area contributed by atoms with Crippen molar-refractivity contribution < 1.29 is 39.0 Å². The molecule has 3 aliphatic carbocycles. The number of urea groups is 1. The van der Waals surface area contributed by atoms with Gasteiger partial charge in [-0.15, -0.1) is 0 Å². The zero-order chi connectivity index (χ0) is 29.1. The van der Waals surface area contributed by atoms with E-state index in [1.165, 1.54) is 0 Å². The normalized spacial score (nSPS) is 27.5. The topological polar surface area (TPSA) is 193 Å². The Morgan fingerprint density at radius 1 is 1.02 bits per heavy atom. The molecule has 40 heavy (non-hydrogen) atoms. The van der Waals surface area contributed by atoms with Gasteiger partial charge in [0.1, 0.15) is 5.75 Å². The quantitative estimate of drug-likeness (QED) is 0.284. The number of carbonyl (C=O) groups excluding carboxylic acids is 6. The SMILES string of the molecule is CC(C)c1cc(NC(=O)Nc2ccccc2)c(O)c2c1C[C@H]1C[C@H]3CC(=O)C(C(N)=O)C(=O)[C@@]3(O)C(=O)C1C2=O. The third-order valence-corrected chi connectivity index (χ3v) is 8.34. The number of Topliss-reactive ketones (excluding diaryl/α,β-unsaturated/α-hetero) is 4. The number of aromatic hydroxyl groups is 1. The molecule has 5 atom stereocenters. The summed E-state index contributed by atoms with van der Waals surface area (Å²) in [5.74, 6) is -11.1. The van der Waals surface area contributed by atoms with Crippen LogP contribution in [0.4, 0.5) is 16.2 Å². The smallest absolute Gasteiger partial charge is 0.323 e. The molecule has 11 heteroatoms. The van der Waals surface area contributed by atoms with E-state index in [0.717, 1.165) is 0 Å². The number of aliphatic hydroxyl groups is 1. The molecule has 3 aliphatic rings. The van der Waals surface area contributed by atoms with Crippen LogP contribution >= 0.6 is 0 Å². The van der Waals surface area contributed by atoms with Crippen LogP contribution in [0.3, 0.4) is 0 Å². The third-order valence-electron chi connectivity index (χ3n) is 8.34. The van der Waals surface area contributed by atoms with Crippen molar-refractivity contribution in [2.75, 3.05) is 10.6 Å². The molecule has 2 saturated carbocycles. The van der Waals surface area contributed by atoms with Crippen molar-refractivity contribution in [2.45, 2.75) is 44.6 Å². The number of rotatable bonds is 4. The van der Waals surface area contributed by atoms with Gasteiger partial charge in [0.2, 0.25) is 5.91 Å². The van der Waals surface area contributed by atoms with E-state index in [-0.39, 0.29) is 30.0 Å². The highest BCUT2D eigenvalue weighted by atomic mass is 16.3. The molecule has 0 heterocycles. The molecule has 2 aromatic carbocycles. The van der Waals surface area contributed by atoms with Gasteiger partial charge in [-0.2, -0.15) is 0 Å². The summed E-state index contributed by atoms with van der Waals surface area (Å²) in [5, 5.41) is 27.7. The largest absolute Gasteiger partial charge is 0.505 e. The number of phenolic OH excluding ortho intramolecular Hbond substituents is 1. The van der Waals surface area contributed by atoms with Gasteiger partial charge in [-0.3, -0.25) is 24.0 Å². The summed E-state index contributed by atoms with van der Waals surface area (Å²) in [6, 6.07) is 9.51. The molecular formula is C29H29N3O8. The van der Waals surface area contributed by atoms with Gasteiger partial charge in [0, 0.05) is 18.0 Å². The Morgan fingerprint density at radius 3 is 2.33 bits per heavy atom. The summed E-state index contributed by atoms with van der Waals surface area (Å²) < 4.78 is 0. The van der Waals surface area contributed by atoms with Crippen LogP contribution in [-0.2, 0) is 25.6 Å². The van der Waals surface area contributed by atoms with E-state index in [2.05, 4.69) is 10.6 Å². The fraction of sp³-hybridized carbons (Fsp3) is 0.379. The summed E-state index contributed by atoms with van der Waals surface area (Å²) >= 11 is 0. The average Bonchev–Trinajstić information content (AvgIpc) is 2.88. The van der Waals surface area contributed by atoms with E-state index in [1.54, 1.807) is 36.4 Å². The minimum Gasteiger partial charge on any atom is -0.505 e. The van der Waals surface area contributed by atoms with Crippen molar-refractivity contribution in [1.82, 2.24) is 0 Å². The van der Waals surface area contributed by atoms with E-state index >= 15 is 0 Å². The van der Waals surface area contributed by atoms with Crippen LogP contribution < -0.4 is 16.4 Å². The lowest BCUT2D eigenvalue weighted by Crippen LogP contribution is -2.68. The van der Waals surface area contributed by atoms with Gasteiger partial charge in [0.05, 0.1) is 17.2 Å². The first-order valence-corrected chi connectivity index (χ1v) is 13.0. The zero-order valence-corrected chi connectivity index (χ0v) is 21.9. The third kappa shape index (κ3) is 4.08. The molecule has 0 spiro atoms. The highest BCUT2D eigenvalue weighted by Gasteiger charge is 2.66. The fourth-order valence-electron chi connectivity index (χ4n) is 6.48. The van der Waals surface area contributed by atoms with E-state index in [0.29, 0.717) is 16.8 Å². The maximum atomic E-state index is 13.9. The molecule has 0 radical (unpaired) electrons. The molecule has 0 aromatic heterocycles. The van der Waals surface area contributed by atoms with Crippen LogP contribution in [0.2, 0.25) is 0 Å². The van der Waals surface area contributed by atoms with Gasteiger partial charge in [0.25, 0.3) is 0 Å². The van der Waals surface area contributed by atoms with E-state index < -0.39 is 76.5 Å². The number of benzene rings is 2. The molecule has 2 aromatic rings. The summed E-state index contributed by atoms with van der Waals surface area (Å²) in [6.45, 7) is 3.76. The van der Waals surface area contributed by atoms with Gasteiger partial charge in [-0.25, -0.2) is 4.79 Å². The lowest BCUT2D eigenvalue weighted by Gasteiger charge is -2.48. The Kier molecular flexibility index (Phi) is 6.57. The Morgan fingerprint density at radius 2 is 1.70 bits per heavy atom. The van der Waals surface area contributed by atoms with Crippen molar-refractivity contribution in [3.8, 4) is 5.75 Å². The van der Waals surface area contributed by atoms with Crippen LogP contribution in [0.1, 0.15) is 54.1 Å². The number of primary amides is 1. The van der Waals surface area contributed by atoms with Gasteiger partial charge in [-0.05, 0) is 54.0 Å². The molecule has 208 valence electrons. The lowest BCUT2D eigenvalue weighted by atomic mass is 9.53. The van der Waals surface area contributed by atoms with Crippen molar-refractivity contribution >= 4 is 46.4 Å². The summed E-state index contributed by atoms with van der Waals surface area (Å²) in [4.78, 5) is 77.7. The number of hydrogen-bond acceptors (Lipinski definition) is 8. The Bertz CT molecular complexity index is 1480. The van der Waals surface area contributed by atoms with Crippen molar-refractivity contribution in [1.29, 1.82) is 0 Å². The number of fused-ring (bicyclic) bond motifs is 3. The van der Waals surface area contributed by atoms with Crippen molar-refractivity contribution in [3.63, 3.8) is 0 Å². The zero-order valence-electron chi connectivity index (χ0n) is 21.9. The minimum absolute atomic E-state index is 0.0127. The van der Waals surface area contributed by atoms with Crippen LogP contribution in [0, 0.1) is 23.7 Å². The number of amides is 3. The standard InChI is InChI=1S/C29H29N3O8/c1-12(2)16-11-18(32-28(39)31-15-6-4-3-5-7-15)23(34)21-17(16)9-13-8-14-10-19(33)22(27(30)38)26(37)29(14,40)25(36)20(13)24(21)35/h3-7,11-14,20,22,34,40H,8-10H2,1-2H3,(H2,30,38)(H2,31,32,39)/t13-,14+,20?,22?,29+/m1/s1. The molecule has 0 saturated heterocycles. The molecule has 0 aliphatic heterocycles. The van der Waals surface area contributed by atoms with Crippen LogP contribution in [0.25, 0.3) is 0 Å². The first kappa shape index (κ1) is 27.2. The molecule has 6 N–H and O–H groups in total.